The van der Waals surface area contributed by atoms with Crippen LogP contribution in [0.15, 0.2) is 18.3 Å². The molecule has 1 aliphatic rings. The molecule has 2 amide bonds. The average molecular weight is 275 g/mol. The van der Waals surface area contributed by atoms with Crippen LogP contribution < -0.4 is 10.2 Å². The molecule has 0 aliphatic carbocycles. The van der Waals surface area contributed by atoms with Gasteiger partial charge in [-0.05, 0) is 25.0 Å². The Kier molecular flexibility index (Phi) is 4.37. The van der Waals surface area contributed by atoms with Crippen LogP contribution in [0.3, 0.4) is 0 Å². The number of carbonyl (C=O) groups excluding carboxylic acids is 2. The Hall–Kier alpha value is -1.91. The molecule has 0 spiro atoms. The zero-order chi connectivity index (χ0) is 14.7. The number of rotatable bonds is 3. The van der Waals surface area contributed by atoms with Gasteiger partial charge in [-0.2, -0.15) is 0 Å². The van der Waals surface area contributed by atoms with Crippen molar-refractivity contribution in [3.8, 4) is 0 Å². The molecule has 1 aromatic rings. The molecule has 108 valence electrons. The van der Waals surface area contributed by atoms with E-state index in [-0.39, 0.29) is 17.7 Å². The third-order valence-corrected chi connectivity index (χ3v) is 3.89. The van der Waals surface area contributed by atoms with Crippen molar-refractivity contribution in [1.82, 2.24) is 10.3 Å². The summed E-state index contributed by atoms with van der Waals surface area (Å²) in [5, 5.41) is 2.85. The molecular formula is C15H21N3O2. The van der Waals surface area contributed by atoms with Gasteiger partial charge in [-0.3, -0.25) is 14.6 Å². The number of anilines is 1. The van der Waals surface area contributed by atoms with E-state index in [0.29, 0.717) is 13.0 Å². The lowest BCUT2D eigenvalue weighted by Crippen LogP contribution is -2.48. The fraction of sp³-hybridized carbons (Fsp3) is 0.533. The SMILES string of the molecule is CCC(C)C1NC(=O)CCN(c2cccnc2C)C1=O. The van der Waals surface area contributed by atoms with Crippen LogP contribution in [0.5, 0.6) is 0 Å². The van der Waals surface area contributed by atoms with E-state index in [2.05, 4.69) is 10.3 Å². The molecule has 5 nitrogen and oxygen atoms in total. The highest BCUT2D eigenvalue weighted by molar-refractivity contribution is 6.01. The topological polar surface area (TPSA) is 62.3 Å². The van der Waals surface area contributed by atoms with Gasteiger partial charge in [0.25, 0.3) is 0 Å². The van der Waals surface area contributed by atoms with Crippen LogP contribution in [-0.4, -0.2) is 29.4 Å². The van der Waals surface area contributed by atoms with E-state index in [9.17, 15) is 9.59 Å². The Morgan fingerprint density at radius 2 is 2.25 bits per heavy atom. The molecule has 0 saturated carbocycles. The minimum Gasteiger partial charge on any atom is -0.344 e. The summed E-state index contributed by atoms with van der Waals surface area (Å²) in [7, 11) is 0. The van der Waals surface area contributed by atoms with Crippen LogP contribution in [0.4, 0.5) is 5.69 Å². The molecule has 1 N–H and O–H groups in total. The molecule has 2 unspecified atom stereocenters. The largest absolute Gasteiger partial charge is 0.344 e. The van der Waals surface area contributed by atoms with Gasteiger partial charge in [-0.15, -0.1) is 0 Å². The zero-order valence-electron chi connectivity index (χ0n) is 12.2. The summed E-state index contributed by atoms with van der Waals surface area (Å²) in [6.45, 7) is 6.29. The molecular weight excluding hydrogens is 254 g/mol. The Morgan fingerprint density at radius 3 is 2.90 bits per heavy atom. The fourth-order valence-electron chi connectivity index (χ4n) is 2.42. The zero-order valence-corrected chi connectivity index (χ0v) is 12.2. The maximum absolute atomic E-state index is 12.7. The normalized spacial score (nSPS) is 21.4. The maximum atomic E-state index is 12.7. The van der Waals surface area contributed by atoms with Crippen LogP contribution in [0.1, 0.15) is 32.4 Å². The Bertz CT molecular complexity index is 516. The lowest BCUT2D eigenvalue weighted by Gasteiger charge is -2.27. The number of carbonyl (C=O) groups is 2. The van der Waals surface area contributed by atoms with Crippen molar-refractivity contribution < 1.29 is 9.59 Å². The van der Waals surface area contributed by atoms with Crippen molar-refractivity contribution in [2.75, 3.05) is 11.4 Å². The molecule has 1 fully saturated rings. The molecule has 2 heterocycles. The smallest absolute Gasteiger partial charge is 0.249 e. The first-order valence-corrected chi connectivity index (χ1v) is 7.07. The average Bonchev–Trinajstić information content (AvgIpc) is 2.59. The minimum atomic E-state index is -0.449. The van der Waals surface area contributed by atoms with E-state index in [1.54, 1.807) is 11.1 Å². The second-order valence-electron chi connectivity index (χ2n) is 5.28. The van der Waals surface area contributed by atoms with E-state index < -0.39 is 6.04 Å². The highest BCUT2D eigenvalue weighted by atomic mass is 16.2. The molecule has 20 heavy (non-hydrogen) atoms. The van der Waals surface area contributed by atoms with E-state index in [0.717, 1.165) is 17.8 Å². The van der Waals surface area contributed by atoms with Crippen LogP contribution in [0, 0.1) is 12.8 Å². The van der Waals surface area contributed by atoms with Crippen LogP contribution in [0.2, 0.25) is 0 Å². The molecule has 5 heteroatoms. The van der Waals surface area contributed by atoms with E-state index in [1.807, 2.05) is 32.9 Å². The van der Waals surface area contributed by atoms with E-state index in [4.69, 9.17) is 0 Å². The van der Waals surface area contributed by atoms with Gasteiger partial charge in [-0.1, -0.05) is 20.3 Å². The quantitative estimate of drug-likeness (QED) is 0.912. The number of amides is 2. The molecule has 1 saturated heterocycles. The number of pyridine rings is 1. The van der Waals surface area contributed by atoms with Crippen molar-refractivity contribution in [2.45, 2.75) is 39.7 Å². The summed E-state index contributed by atoms with van der Waals surface area (Å²) in [6.07, 6.45) is 2.88. The Morgan fingerprint density at radius 1 is 1.50 bits per heavy atom. The van der Waals surface area contributed by atoms with Gasteiger partial charge < -0.3 is 10.2 Å². The summed E-state index contributed by atoms with van der Waals surface area (Å²) in [5.41, 5.74) is 1.60. The highest BCUT2D eigenvalue weighted by Gasteiger charge is 2.34. The standard InChI is InChI=1S/C15H21N3O2/c1-4-10(2)14-15(20)18(9-7-13(19)17-14)12-6-5-8-16-11(12)3/h5-6,8,10,14H,4,7,9H2,1-3H3,(H,17,19). The molecule has 0 aromatic carbocycles. The van der Waals surface area contributed by atoms with Crippen molar-refractivity contribution in [3.05, 3.63) is 24.0 Å². The van der Waals surface area contributed by atoms with Gasteiger partial charge in [0.15, 0.2) is 0 Å². The minimum absolute atomic E-state index is 0.0405. The predicted octanol–water partition coefficient (Wildman–Crippen LogP) is 1.66. The molecule has 2 atom stereocenters. The number of nitrogens with zero attached hydrogens (tertiary/aromatic N) is 2. The monoisotopic (exact) mass is 275 g/mol. The van der Waals surface area contributed by atoms with Gasteiger partial charge in [0, 0.05) is 19.2 Å². The predicted molar refractivity (Wildman–Crippen MR) is 77.3 cm³/mol. The van der Waals surface area contributed by atoms with Crippen LogP contribution in [-0.2, 0) is 9.59 Å². The van der Waals surface area contributed by atoms with Crippen LogP contribution in [0.25, 0.3) is 0 Å². The maximum Gasteiger partial charge on any atom is 0.249 e. The summed E-state index contributed by atoms with van der Waals surface area (Å²) >= 11 is 0. The number of aryl methyl sites for hydroxylation is 1. The third-order valence-electron chi connectivity index (χ3n) is 3.89. The van der Waals surface area contributed by atoms with Gasteiger partial charge >= 0.3 is 0 Å². The second-order valence-corrected chi connectivity index (χ2v) is 5.28. The lowest BCUT2D eigenvalue weighted by atomic mass is 9.98. The third kappa shape index (κ3) is 2.81. The van der Waals surface area contributed by atoms with Gasteiger partial charge in [0.2, 0.25) is 11.8 Å². The van der Waals surface area contributed by atoms with Crippen molar-refractivity contribution in [2.24, 2.45) is 5.92 Å². The Labute approximate surface area is 119 Å². The molecule has 0 bridgehead atoms. The lowest BCUT2D eigenvalue weighted by molar-refractivity contribution is -0.126. The molecule has 2 rings (SSSR count). The van der Waals surface area contributed by atoms with Crippen molar-refractivity contribution in [3.63, 3.8) is 0 Å². The van der Waals surface area contributed by atoms with Crippen molar-refractivity contribution in [1.29, 1.82) is 0 Å². The van der Waals surface area contributed by atoms with E-state index >= 15 is 0 Å². The van der Waals surface area contributed by atoms with Gasteiger partial charge in [0.05, 0.1) is 11.4 Å². The summed E-state index contributed by atoms with van der Waals surface area (Å²) in [5.74, 6) is 0.0121. The highest BCUT2D eigenvalue weighted by Crippen LogP contribution is 2.22. The first-order chi connectivity index (χ1) is 9.54. The molecule has 0 radical (unpaired) electrons. The second kappa shape index (κ2) is 6.03. The van der Waals surface area contributed by atoms with Gasteiger partial charge in [-0.25, -0.2) is 0 Å². The van der Waals surface area contributed by atoms with Crippen molar-refractivity contribution >= 4 is 17.5 Å². The number of aromatic nitrogens is 1. The molecule has 1 aromatic heterocycles. The van der Waals surface area contributed by atoms with Crippen LogP contribution >= 0.6 is 0 Å². The fourth-order valence-corrected chi connectivity index (χ4v) is 2.42. The number of hydrogen-bond acceptors (Lipinski definition) is 3. The molecule has 1 aliphatic heterocycles. The number of nitrogens with one attached hydrogen (secondary N) is 1. The summed E-state index contributed by atoms with van der Waals surface area (Å²) in [6, 6.07) is 3.24. The summed E-state index contributed by atoms with van der Waals surface area (Å²) in [4.78, 5) is 30.5. The first kappa shape index (κ1) is 14.5. The van der Waals surface area contributed by atoms with E-state index in [1.165, 1.54) is 0 Å². The summed E-state index contributed by atoms with van der Waals surface area (Å²) < 4.78 is 0. The number of hydrogen-bond donors (Lipinski definition) is 1. The van der Waals surface area contributed by atoms with Gasteiger partial charge in [0.1, 0.15) is 6.04 Å². The first-order valence-electron chi connectivity index (χ1n) is 7.07. The Balaban J connectivity index is 2.35.